The molecule has 0 spiro atoms. The van der Waals surface area contributed by atoms with Crippen LogP contribution in [-0.4, -0.2) is 11.7 Å². The van der Waals surface area contributed by atoms with Gasteiger partial charge in [0, 0.05) is 34.7 Å². The third kappa shape index (κ3) is 3.54. The Bertz CT molecular complexity index is 467. The van der Waals surface area contributed by atoms with Crippen LogP contribution >= 0.6 is 0 Å². The van der Waals surface area contributed by atoms with E-state index in [4.69, 9.17) is 16.4 Å². The SMILES string of the molecule is [N-]=[N+]=NCCC#Cc1ccc(N)c(CO)c1. The van der Waals surface area contributed by atoms with Gasteiger partial charge in [-0.2, -0.15) is 0 Å². The Morgan fingerprint density at radius 3 is 3.00 bits per heavy atom. The highest BCUT2D eigenvalue weighted by molar-refractivity contribution is 5.51. The lowest BCUT2D eigenvalue weighted by Gasteiger charge is -2.01. The summed E-state index contributed by atoms with van der Waals surface area (Å²) in [5, 5.41) is 12.4. The minimum absolute atomic E-state index is 0.0971. The van der Waals surface area contributed by atoms with E-state index in [1.807, 2.05) is 0 Å². The molecule has 0 aliphatic rings. The Hall–Kier alpha value is -2.15. The standard InChI is InChI=1S/C11H12N4O/c12-11-5-4-9(7-10(11)8-16)3-1-2-6-14-15-13/h4-5,7,16H,2,6,8,12H2. The Labute approximate surface area is 93.5 Å². The first-order chi connectivity index (χ1) is 7.77. The fraction of sp³-hybridized carbons (Fsp3) is 0.273. The fourth-order valence-corrected chi connectivity index (χ4v) is 1.14. The van der Waals surface area contributed by atoms with E-state index in [9.17, 15) is 0 Å². The normalized spacial score (nSPS) is 8.81. The summed E-state index contributed by atoms with van der Waals surface area (Å²) in [4.78, 5) is 2.63. The van der Waals surface area contributed by atoms with Crippen LogP contribution in [0.3, 0.4) is 0 Å². The van der Waals surface area contributed by atoms with Crippen LogP contribution in [0.15, 0.2) is 23.3 Å². The lowest BCUT2D eigenvalue weighted by molar-refractivity contribution is 0.282. The maximum absolute atomic E-state index is 9.00. The van der Waals surface area contributed by atoms with E-state index in [0.29, 0.717) is 24.2 Å². The molecule has 0 aliphatic heterocycles. The van der Waals surface area contributed by atoms with Crippen LogP contribution in [0.1, 0.15) is 17.5 Å². The molecule has 1 aromatic carbocycles. The summed E-state index contributed by atoms with van der Waals surface area (Å²) in [5.41, 5.74) is 15.7. The van der Waals surface area contributed by atoms with Crippen LogP contribution in [0.2, 0.25) is 0 Å². The number of anilines is 1. The number of nitrogen functional groups attached to an aromatic ring is 1. The second-order valence-electron chi connectivity index (χ2n) is 3.08. The van der Waals surface area contributed by atoms with Gasteiger partial charge < -0.3 is 10.8 Å². The highest BCUT2D eigenvalue weighted by Crippen LogP contribution is 2.13. The molecule has 16 heavy (non-hydrogen) atoms. The molecule has 1 aromatic rings. The molecule has 0 bridgehead atoms. The Morgan fingerprint density at radius 1 is 1.50 bits per heavy atom. The first kappa shape index (κ1) is 11.9. The first-order valence-electron chi connectivity index (χ1n) is 4.77. The molecule has 0 heterocycles. The van der Waals surface area contributed by atoms with Crippen LogP contribution in [0.25, 0.3) is 10.4 Å². The van der Waals surface area contributed by atoms with Crippen LogP contribution in [0.4, 0.5) is 5.69 Å². The van der Waals surface area contributed by atoms with Crippen molar-refractivity contribution in [1.29, 1.82) is 0 Å². The zero-order valence-corrected chi connectivity index (χ0v) is 8.72. The zero-order valence-electron chi connectivity index (χ0n) is 8.72. The van der Waals surface area contributed by atoms with Crippen molar-refractivity contribution in [3.8, 4) is 11.8 Å². The van der Waals surface area contributed by atoms with Crippen molar-refractivity contribution in [3.05, 3.63) is 39.8 Å². The Kier molecular flexibility index (Phi) is 4.74. The molecule has 0 saturated carbocycles. The second kappa shape index (κ2) is 6.36. The number of rotatable bonds is 3. The molecule has 0 aromatic heterocycles. The minimum atomic E-state index is -0.0971. The predicted molar refractivity (Wildman–Crippen MR) is 62.3 cm³/mol. The highest BCUT2D eigenvalue weighted by Gasteiger charge is 1.97. The Balaban J connectivity index is 2.70. The molecule has 0 radical (unpaired) electrons. The van der Waals surface area contributed by atoms with Gasteiger partial charge in [0.25, 0.3) is 0 Å². The smallest absolute Gasteiger partial charge is 0.0702 e. The molecule has 0 fully saturated rings. The van der Waals surface area contributed by atoms with Gasteiger partial charge in [0.2, 0.25) is 0 Å². The number of nitrogens with two attached hydrogens (primary N) is 1. The molecule has 5 heteroatoms. The van der Waals surface area contributed by atoms with Crippen molar-refractivity contribution in [2.45, 2.75) is 13.0 Å². The molecule has 82 valence electrons. The summed E-state index contributed by atoms with van der Waals surface area (Å²) < 4.78 is 0. The fourth-order valence-electron chi connectivity index (χ4n) is 1.14. The topological polar surface area (TPSA) is 95.0 Å². The number of azide groups is 1. The van der Waals surface area contributed by atoms with E-state index in [2.05, 4.69) is 21.9 Å². The summed E-state index contributed by atoms with van der Waals surface area (Å²) in [6.45, 7) is 0.269. The van der Waals surface area contributed by atoms with Crippen LogP contribution in [0, 0.1) is 11.8 Å². The zero-order chi connectivity index (χ0) is 11.8. The van der Waals surface area contributed by atoms with Gasteiger partial charge in [-0.25, -0.2) is 0 Å². The van der Waals surface area contributed by atoms with Gasteiger partial charge in [-0.3, -0.25) is 0 Å². The van der Waals surface area contributed by atoms with Gasteiger partial charge in [0.1, 0.15) is 0 Å². The number of benzene rings is 1. The predicted octanol–water partition coefficient (Wildman–Crippen LogP) is 1.81. The third-order valence-corrected chi connectivity index (χ3v) is 1.95. The number of nitrogens with zero attached hydrogens (tertiary/aromatic N) is 3. The summed E-state index contributed by atoms with van der Waals surface area (Å²) in [6, 6.07) is 5.24. The summed E-state index contributed by atoms with van der Waals surface area (Å²) in [6.07, 6.45) is 0.517. The van der Waals surface area contributed by atoms with Crippen molar-refractivity contribution in [2.24, 2.45) is 5.11 Å². The first-order valence-corrected chi connectivity index (χ1v) is 4.77. The number of hydrogen-bond donors (Lipinski definition) is 2. The van der Waals surface area contributed by atoms with Gasteiger partial charge in [0.15, 0.2) is 0 Å². The molecule has 0 aliphatic carbocycles. The molecule has 3 N–H and O–H groups in total. The average Bonchev–Trinajstić information content (AvgIpc) is 2.31. The average molecular weight is 216 g/mol. The third-order valence-electron chi connectivity index (χ3n) is 1.95. The second-order valence-corrected chi connectivity index (χ2v) is 3.08. The van der Waals surface area contributed by atoms with Gasteiger partial charge in [-0.15, -0.1) is 0 Å². The molecule has 0 amide bonds. The molecular weight excluding hydrogens is 204 g/mol. The minimum Gasteiger partial charge on any atom is -0.398 e. The maximum atomic E-state index is 9.00. The lowest BCUT2D eigenvalue weighted by Crippen LogP contribution is -1.94. The maximum Gasteiger partial charge on any atom is 0.0702 e. The van der Waals surface area contributed by atoms with E-state index in [-0.39, 0.29) is 6.61 Å². The number of aliphatic hydroxyl groups is 1. The van der Waals surface area contributed by atoms with E-state index >= 15 is 0 Å². The van der Waals surface area contributed by atoms with Gasteiger partial charge in [0.05, 0.1) is 6.61 Å². The van der Waals surface area contributed by atoms with Crippen molar-refractivity contribution in [2.75, 3.05) is 12.3 Å². The molecular formula is C11H12N4O. The van der Waals surface area contributed by atoms with Gasteiger partial charge in [-0.05, 0) is 23.7 Å². The summed E-state index contributed by atoms with van der Waals surface area (Å²) >= 11 is 0. The molecule has 0 atom stereocenters. The molecule has 0 saturated heterocycles. The van der Waals surface area contributed by atoms with E-state index in [0.717, 1.165) is 5.56 Å². The van der Waals surface area contributed by atoms with Crippen molar-refractivity contribution < 1.29 is 5.11 Å². The highest BCUT2D eigenvalue weighted by atomic mass is 16.3. The van der Waals surface area contributed by atoms with Gasteiger partial charge in [-0.1, -0.05) is 17.0 Å². The van der Waals surface area contributed by atoms with Crippen molar-refractivity contribution in [3.63, 3.8) is 0 Å². The largest absolute Gasteiger partial charge is 0.398 e. The summed E-state index contributed by atoms with van der Waals surface area (Å²) in [5.74, 6) is 5.78. The monoisotopic (exact) mass is 216 g/mol. The van der Waals surface area contributed by atoms with Crippen LogP contribution in [-0.2, 0) is 6.61 Å². The molecule has 1 rings (SSSR count). The van der Waals surface area contributed by atoms with E-state index < -0.39 is 0 Å². The lowest BCUT2D eigenvalue weighted by atomic mass is 10.1. The van der Waals surface area contributed by atoms with Crippen LogP contribution < -0.4 is 5.73 Å². The number of hydrogen-bond acceptors (Lipinski definition) is 3. The van der Waals surface area contributed by atoms with Crippen molar-refractivity contribution >= 4 is 5.69 Å². The Morgan fingerprint density at radius 2 is 2.31 bits per heavy atom. The van der Waals surface area contributed by atoms with Crippen LogP contribution in [0.5, 0.6) is 0 Å². The summed E-state index contributed by atoms with van der Waals surface area (Å²) in [7, 11) is 0. The van der Waals surface area contributed by atoms with E-state index in [1.54, 1.807) is 18.2 Å². The molecule has 5 nitrogen and oxygen atoms in total. The molecule has 0 unspecified atom stereocenters. The quantitative estimate of drug-likeness (QED) is 0.201. The number of aliphatic hydroxyl groups excluding tert-OH is 1. The van der Waals surface area contributed by atoms with Crippen molar-refractivity contribution in [1.82, 2.24) is 0 Å². The van der Waals surface area contributed by atoms with Gasteiger partial charge >= 0.3 is 0 Å². The van der Waals surface area contributed by atoms with E-state index in [1.165, 1.54) is 0 Å².